The molecule has 0 spiro atoms. The highest BCUT2D eigenvalue weighted by Gasteiger charge is 2.26. The van der Waals surface area contributed by atoms with Gasteiger partial charge < -0.3 is 30.5 Å². The van der Waals surface area contributed by atoms with E-state index in [1.807, 2.05) is 0 Å². The van der Waals surface area contributed by atoms with Crippen molar-refractivity contribution in [3.05, 3.63) is 10.4 Å². The molecule has 112 valence electrons. The summed E-state index contributed by atoms with van der Waals surface area (Å²) in [5, 5.41) is 2.88. The van der Waals surface area contributed by atoms with Gasteiger partial charge in [-0.1, -0.05) is 0 Å². The highest BCUT2D eigenvalue weighted by atomic mass is 31.2. The summed E-state index contributed by atoms with van der Waals surface area (Å²) in [5.41, 5.74) is 5.44. The predicted octanol–water partition coefficient (Wildman–Crippen LogP) is -0.918. The summed E-state index contributed by atoms with van der Waals surface area (Å²) in [6, 6.07) is 0. The Kier molecular flexibility index (Phi) is 4.00. The highest BCUT2D eigenvalue weighted by molar-refractivity contribution is 7.51. The second-order valence-corrected chi connectivity index (χ2v) is 6.07. The van der Waals surface area contributed by atoms with Crippen molar-refractivity contribution >= 4 is 25.0 Å². The number of aromatic amines is 1. The van der Waals surface area contributed by atoms with Crippen molar-refractivity contribution in [2.24, 2.45) is 0 Å². The van der Waals surface area contributed by atoms with Crippen LogP contribution in [0.5, 0.6) is 0 Å². The number of rotatable bonds is 5. The van der Waals surface area contributed by atoms with Crippen molar-refractivity contribution in [1.82, 2.24) is 9.97 Å². The maximum atomic E-state index is 11.6. The number of nitrogens with one attached hydrogen (secondary N) is 2. The monoisotopic (exact) mass is 305 g/mol. The molecule has 20 heavy (non-hydrogen) atoms. The van der Waals surface area contributed by atoms with Crippen molar-refractivity contribution in [2.45, 2.75) is 13.0 Å². The first kappa shape index (κ1) is 14.8. The third kappa shape index (κ3) is 3.48. The molecule has 0 amide bonds. The van der Waals surface area contributed by atoms with Gasteiger partial charge in [0.05, 0.1) is 12.8 Å². The fourth-order valence-electron chi connectivity index (χ4n) is 1.85. The van der Waals surface area contributed by atoms with Crippen molar-refractivity contribution in [2.75, 3.05) is 35.5 Å². The van der Waals surface area contributed by atoms with Crippen LogP contribution < -0.4 is 21.5 Å². The molecular weight excluding hydrogens is 289 g/mol. The van der Waals surface area contributed by atoms with Gasteiger partial charge in [-0.25, -0.2) is 0 Å². The number of anilines is 3. The first-order chi connectivity index (χ1) is 9.26. The molecule has 0 bridgehead atoms. The molecule has 0 saturated heterocycles. The van der Waals surface area contributed by atoms with Crippen molar-refractivity contribution in [3.8, 4) is 0 Å². The number of fused-ring (bicyclic) bond motifs is 1. The summed E-state index contributed by atoms with van der Waals surface area (Å²) in [7, 11) is -4.19. The zero-order valence-corrected chi connectivity index (χ0v) is 11.6. The Morgan fingerprint density at radius 2 is 2.30 bits per heavy atom. The molecule has 1 aromatic heterocycles. The van der Waals surface area contributed by atoms with E-state index in [4.69, 9.17) is 20.3 Å². The van der Waals surface area contributed by atoms with Gasteiger partial charge in [0, 0.05) is 6.54 Å². The molecule has 2 rings (SSSR count). The van der Waals surface area contributed by atoms with Gasteiger partial charge in [0.2, 0.25) is 5.95 Å². The molecule has 0 aromatic carbocycles. The standard InChI is InChI=1S/C9H16N5O5P/c1-5(19-4-20(16,17)18)2-14-3-11-6-7(14)12-9(10)13-8(6)15/h5,11H,2-4H2,1H3,(H2,16,17,18)(H3,10,12,13,15). The van der Waals surface area contributed by atoms with Crippen LogP contribution >= 0.6 is 7.60 Å². The van der Waals surface area contributed by atoms with E-state index in [2.05, 4.69) is 15.3 Å². The van der Waals surface area contributed by atoms with Crippen LogP contribution in [-0.4, -0.2) is 45.4 Å². The summed E-state index contributed by atoms with van der Waals surface area (Å²) in [6.07, 6.45) is -1.09. The van der Waals surface area contributed by atoms with Gasteiger partial charge in [-0.3, -0.25) is 14.3 Å². The molecule has 1 aliphatic rings. The molecule has 0 radical (unpaired) electrons. The molecule has 1 unspecified atom stereocenters. The van der Waals surface area contributed by atoms with Crippen LogP contribution in [0.15, 0.2) is 4.79 Å². The number of nitrogen functional groups attached to an aromatic ring is 1. The molecule has 0 fully saturated rings. The molecule has 1 aromatic rings. The minimum atomic E-state index is -4.19. The summed E-state index contributed by atoms with van der Waals surface area (Å²) < 4.78 is 15.8. The van der Waals surface area contributed by atoms with E-state index in [0.29, 0.717) is 24.7 Å². The minimum Gasteiger partial charge on any atom is -0.369 e. The fraction of sp³-hybridized carbons (Fsp3) is 0.556. The van der Waals surface area contributed by atoms with E-state index < -0.39 is 20.0 Å². The van der Waals surface area contributed by atoms with E-state index >= 15 is 0 Å². The van der Waals surface area contributed by atoms with Crippen LogP contribution in [0.25, 0.3) is 0 Å². The minimum absolute atomic E-state index is 0.00578. The van der Waals surface area contributed by atoms with Crippen LogP contribution in [0, 0.1) is 0 Å². The molecule has 10 nitrogen and oxygen atoms in total. The van der Waals surface area contributed by atoms with E-state index in [0.717, 1.165) is 0 Å². The van der Waals surface area contributed by atoms with Crippen molar-refractivity contribution in [3.63, 3.8) is 0 Å². The number of ether oxygens (including phenoxy) is 1. The Morgan fingerprint density at radius 1 is 1.60 bits per heavy atom. The topological polar surface area (TPSA) is 154 Å². The maximum Gasteiger partial charge on any atom is 0.350 e. The third-order valence-electron chi connectivity index (χ3n) is 2.67. The molecule has 1 aliphatic heterocycles. The third-order valence-corrected chi connectivity index (χ3v) is 3.15. The van der Waals surface area contributed by atoms with E-state index in [-0.39, 0.29) is 11.5 Å². The number of nitrogens with zero attached hydrogens (tertiary/aromatic N) is 2. The second kappa shape index (κ2) is 5.41. The lowest BCUT2D eigenvalue weighted by Gasteiger charge is -2.22. The zero-order chi connectivity index (χ0) is 14.9. The van der Waals surface area contributed by atoms with E-state index in [9.17, 15) is 9.36 Å². The van der Waals surface area contributed by atoms with Crippen LogP contribution in [0.2, 0.25) is 0 Å². The number of H-pyrrole nitrogens is 1. The summed E-state index contributed by atoms with van der Waals surface area (Å²) in [4.78, 5) is 37.2. The highest BCUT2D eigenvalue weighted by Crippen LogP contribution is 2.34. The van der Waals surface area contributed by atoms with Crippen LogP contribution in [0.4, 0.5) is 17.5 Å². The first-order valence-corrected chi connectivity index (χ1v) is 7.61. The number of hydrogen-bond acceptors (Lipinski definition) is 7. The van der Waals surface area contributed by atoms with Crippen LogP contribution in [0.3, 0.4) is 0 Å². The molecule has 0 saturated carbocycles. The normalized spacial score (nSPS) is 15.8. The van der Waals surface area contributed by atoms with E-state index in [1.165, 1.54) is 0 Å². The summed E-state index contributed by atoms with van der Waals surface area (Å²) >= 11 is 0. The lowest BCUT2D eigenvalue weighted by molar-refractivity contribution is 0.0931. The molecule has 6 N–H and O–H groups in total. The van der Waals surface area contributed by atoms with Gasteiger partial charge in [0.25, 0.3) is 5.56 Å². The van der Waals surface area contributed by atoms with Gasteiger partial charge in [-0.2, -0.15) is 4.98 Å². The quantitative estimate of drug-likeness (QED) is 0.434. The second-order valence-electron chi connectivity index (χ2n) is 4.48. The van der Waals surface area contributed by atoms with Gasteiger partial charge in [0.15, 0.2) is 5.82 Å². The molecule has 2 heterocycles. The van der Waals surface area contributed by atoms with Crippen LogP contribution in [-0.2, 0) is 9.30 Å². The van der Waals surface area contributed by atoms with Crippen LogP contribution in [0.1, 0.15) is 6.92 Å². The molecular formula is C9H16N5O5P. The Hall–Kier alpha value is -1.61. The fourth-order valence-corrected chi connectivity index (χ4v) is 2.30. The molecule has 0 aliphatic carbocycles. The first-order valence-electron chi connectivity index (χ1n) is 5.81. The Morgan fingerprint density at radius 3 is 2.95 bits per heavy atom. The number of hydrogen-bond donors (Lipinski definition) is 5. The van der Waals surface area contributed by atoms with E-state index in [1.54, 1.807) is 11.8 Å². The predicted molar refractivity (Wildman–Crippen MR) is 72.6 cm³/mol. The average molecular weight is 305 g/mol. The van der Waals surface area contributed by atoms with Crippen molar-refractivity contribution in [1.29, 1.82) is 0 Å². The van der Waals surface area contributed by atoms with Crippen molar-refractivity contribution < 1.29 is 19.1 Å². The van der Waals surface area contributed by atoms with Gasteiger partial charge in [-0.15, -0.1) is 0 Å². The van der Waals surface area contributed by atoms with Gasteiger partial charge in [0.1, 0.15) is 12.0 Å². The largest absolute Gasteiger partial charge is 0.369 e. The molecule has 1 atom stereocenters. The summed E-state index contributed by atoms with van der Waals surface area (Å²) in [5.74, 6) is 0.407. The SMILES string of the molecule is CC(CN1CNc2c1nc(N)[nH]c2=O)OCP(=O)(O)O. The lowest BCUT2D eigenvalue weighted by Crippen LogP contribution is -2.33. The molecule has 11 heteroatoms. The average Bonchev–Trinajstić information content (AvgIpc) is 2.69. The van der Waals surface area contributed by atoms with Gasteiger partial charge in [-0.05, 0) is 6.92 Å². The number of aromatic nitrogens is 2. The Bertz CT molecular complexity index is 599. The lowest BCUT2D eigenvalue weighted by atomic mass is 10.3. The smallest absolute Gasteiger partial charge is 0.350 e. The zero-order valence-electron chi connectivity index (χ0n) is 10.7. The summed E-state index contributed by atoms with van der Waals surface area (Å²) in [6.45, 7) is 2.33. The Balaban J connectivity index is 2.04. The number of nitrogens with two attached hydrogens (primary N) is 1. The van der Waals surface area contributed by atoms with Gasteiger partial charge >= 0.3 is 7.60 Å². The maximum absolute atomic E-state index is 11.6. The Labute approximate surface area is 114 Å².